The fourth-order valence-corrected chi connectivity index (χ4v) is 3.38. The molecule has 0 fully saturated rings. The molecule has 13 nitrogen and oxygen atoms in total. The first-order valence-corrected chi connectivity index (χ1v) is 11.5. The second-order valence-electron chi connectivity index (χ2n) is 8.28. The van der Waals surface area contributed by atoms with Crippen molar-refractivity contribution in [3.63, 3.8) is 0 Å². The van der Waals surface area contributed by atoms with Crippen molar-refractivity contribution >= 4 is 23.7 Å². The summed E-state index contributed by atoms with van der Waals surface area (Å²) in [7, 11) is 0. The molecule has 1 aromatic heterocycles. The minimum Gasteiger partial charge on any atom is -0.508 e. The van der Waals surface area contributed by atoms with Gasteiger partial charge in [0.1, 0.15) is 24.4 Å². The quantitative estimate of drug-likeness (QED) is 0.132. The smallest absolute Gasteiger partial charge is 0.322 e. The predicted molar refractivity (Wildman–Crippen MR) is 129 cm³/mol. The molecule has 36 heavy (non-hydrogen) atoms. The fourth-order valence-electron chi connectivity index (χ4n) is 3.38. The second-order valence-corrected chi connectivity index (χ2v) is 8.28. The predicted octanol–water partition coefficient (Wildman–Crippen LogP) is -1.47. The maximum atomic E-state index is 13.3. The largest absolute Gasteiger partial charge is 0.508 e. The Morgan fingerprint density at radius 2 is 1.64 bits per heavy atom. The molecule has 0 aliphatic rings. The maximum absolute atomic E-state index is 13.3. The zero-order chi connectivity index (χ0) is 26.5. The van der Waals surface area contributed by atoms with Crippen LogP contribution in [-0.2, 0) is 32.0 Å². The van der Waals surface area contributed by atoms with E-state index in [4.69, 9.17) is 16.6 Å². The van der Waals surface area contributed by atoms with Crippen molar-refractivity contribution in [2.45, 2.75) is 50.2 Å². The summed E-state index contributed by atoms with van der Waals surface area (Å²) in [6.07, 6.45) is 4.69. The minimum absolute atomic E-state index is 0.00959. The molecule has 13 heteroatoms. The van der Waals surface area contributed by atoms with E-state index in [1.165, 1.54) is 24.7 Å². The Kier molecular flexibility index (Phi) is 11.3. The van der Waals surface area contributed by atoms with Gasteiger partial charge in [-0.25, -0.2) is 4.98 Å². The lowest BCUT2D eigenvalue weighted by Crippen LogP contribution is -2.57. The number of rotatable bonds is 15. The number of aromatic nitrogens is 2. The van der Waals surface area contributed by atoms with E-state index in [0.717, 1.165) is 0 Å². The van der Waals surface area contributed by atoms with Gasteiger partial charge in [0.2, 0.25) is 17.7 Å². The molecule has 10 N–H and O–H groups in total. The molecule has 0 saturated carbocycles. The number of carboxylic acid groups (broad SMARTS) is 1. The van der Waals surface area contributed by atoms with E-state index in [0.29, 0.717) is 37.1 Å². The summed E-state index contributed by atoms with van der Waals surface area (Å²) in [6.45, 7) is -0.151. The highest BCUT2D eigenvalue weighted by molar-refractivity contribution is 5.94. The van der Waals surface area contributed by atoms with Gasteiger partial charge < -0.3 is 42.6 Å². The van der Waals surface area contributed by atoms with Crippen molar-refractivity contribution < 1.29 is 29.4 Å². The molecule has 196 valence electrons. The molecule has 0 radical (unpaired) electrons. The first-order valence-electron chi connectivity index (χ1n) is 11.5. The molecule has 0 saturated heterocycles. The van der Waals surface area contributed by atoms with E-state index in [9.17, 15) is 24.3 Å². The molecule has 3 amide bonds. The number of imidazole rings is 1. The van der Waals surface area contributed by atoms with Gasteiger partial charge in [-0.15, -0.1) is 0 Å². The van der Waals surface area contributed by atoms with Crippen LogP contribution in [0, 0.1) is 0 Å². The molecule has 3 atom stereocenters. The van der Waals surface area contributed by atoms with Crippen LogP contribution in [0.25, 0.3) is 0 Å². The molecule has 0 aliphatic carbocycles. The summed E-state index contributed by atoms with van der Waals surface area (Å²) >= 11 is 0. The van der Waals surface area contributed by atoms with Crippen molar-refractivity contribution in [1.29, 1.82) is 0 Å². The van der Waals surface area contributed by atoms with Gasteiger partial charge in [-0.3, -0.25) is 19.2 Å². The van der Waals surface area contributed by atoms with Crippen LogP contribution in [0.15, 0.2) is 36.8 Å². The van der Waals surface area contributed by atoms with E-state index < -0.39 is 48.4 Å². The SMILES string of the molecule is NCCCCC(N)C(=O)NC(Cc1ccc(O)cc1)C(=O)NC(Cc1cnc[nH]1)C(=O)NCC(=O)O. The van der Waals surface area contributed by atoms with Crippen LogP contribution in [0.3, 0.4) is 0 Å². The molecule has 2 aromatic rings. The Labute approximate surface area is 208 Å². The molecule has 0 aliphatic heterocycles. The number of aliphatic carboxylic acids is 1. The summed E-state index contributed by atoms with van der Waals surface area (Å²) < 4.78 is 0. The summed E-state index contributed by atoms with van der Waals surface area (Å²) in [5.41, 5.74) is 12.6. The van der Waals surface area contributed by atoms with Gasteiger partial charge in [0, 0.05) is 24.7 Å². The number of aromatic hydroxyl groups is 1. The van der Waals surface area contributed by atoms with Crippen molar-refractivity contribution in [1.82, 2.24) is 25.9 Å². The van der Waals surface area contributed by atoms with E-state index in [1.807, 2.05) is 0 Å². The van der Waals surface area contributed by atoms with Gasteiger partial charge in [-0.1, -0.05) is 18.6 Å². The van der Waals surface area contributed by atoms with Gasteiger partial charge >= 0.3 is 5.97 Å². The van der Waals surface area contributed by atoms with Crippen LogP contribution >= 0.6 is 0 Å². The first kappa shape index (κ1) is 28.3. The number of benzene rings is 1. The van der Waals surface area contributed by atoms with Crippen LogP contribution in [-0.4, -0.2) is 75.1 Å². The number of phenolic OH excluding ortho intramolecular Hbond substituents is 1. The number of carboxylic acids is 1. The molecular weight excluding hydrogens is 470 g/mol. The number of nitrogens with one attached hydrogen (secondary N) is 4. The molecule has 3 unspecified atom stereocenters. The zero-order valence-electron chi connectivity index (χ0n) is 19.8. The lowest BCUT2D eigenvalue weighted by molar-refractivity contribution is -0.138. The Balaban J connectivity index is 2.19. The average Bonchev–Trinajstić information content (AvgIpc) is 3.36. The summed E-state index contributed by atoms with van der Waals surface area (Å²) in [6, 6.07) is 3.01. The number of carbonyl (C=O) groups is 4. The third kappa shape index (κ3) is 9.72. The number of nitrogens with two attached hydrogens (primary N) is 2. The Morgan fingerprint density at radius 3 is 2.25 bits per heavy atom. The van der Waals surface area contributed by atoms with Crippen LogP contribution < -0.4 is 27.4 Å². The second kappa shape index (κ2) is 14.4. The number of nitrogens with zero attached hydrogens (tertiary/aromatic N) is 1. The van der Waals surface area contributed by atoms with Gasteiger partial charge in [0.25, 0.3) is 0 Å². The van der Waals surface area contributed by atoms with E-state index in [2.05, 4.69) is 25.9 Å². The highest BCUT2D eigenvalue weighted by Crippen LogP contribution is 2.12. The number of H-pyrrole nitrogens is 1. The fraction of sp³-hybridized carbons (Fsp3) is 0.435. The first-order chi connectivity index (χ1) is 17.2. The van der Waals surface area contributed by atoms with Crippen LogP contribution in [0.1, 0.15) is 30.5 Å². The minimum atomic E-state index is -1.24. The zero-order valence-corrected chi connectivity index (χ0v) is 19.8. The summed E-state index contributed by atoms with van der Waals surface area (Å²) in [4.78, 5) is 56.2. The number of phenols is 1. The normalized spacial score (nSPS) is 13.3. The lowest BCUT2D eigenvalue weighted by Gasteiger charge is -2.24. The number of hydrogen-bond donors (Lipinski definition) is 8. The van der Waals surface area contributed by atoms with Gasteiger partial charge in [0.05, 0.1) is 12.4 Å². The highest BCUT2D eigenvalue weighted by Gasteiger charge is 2.29. The monoisotopic (exact) mass is 503 g/mol. The highest BCUT2D eigenvalue weighted by atomic mass is 16.4. The molecular formula is C23H33N7O6. The van der Waals surface area contributed by atoms with Crippen LogP contribution in [0.5, 0.6) is 5.75 Å². The van der Waals surface area contributed by atoms with Crippen molar-refractivity contribution in [3.05, 3.63) is 48.0 Å². The Morgan fingerprint density at radius 1 is 0.972 bits per heavy atom. The third-order valence-electron chi connectivity index (χ3n) is 5.34. The topological polar surface area (TPSA) is 226 Å². The molecule has 0 bridgehead atoms. The molecule has 1 aromatic carbocycles. The third-order valence-corrected chi connectivity index (χ3v) is 5.34. The van der Waals surface area contributed by atoms with Gasteiger partial charge in [-0.05, 0) is 37.1 Å². The number of unbranched alkanes of at least 4 members (excludes halogenated alkanes) is 1. The van der Waals surface area contributed by atoms with Gasteiger partial charge in [-0.2, -0.15) is 0 Å². The Bertz CT molecular complexity index is 997. The van der Waals surface area contributed by atoms with Crippen LogP contribution in [0.2, 0.25) is 0 Å². The van der Waals surface area contributed by atoms with E-state index in [1.54, 1.807) is 12.1 Å². The number of carbonyl (C=O) groups excluding carboxylic acids is 3. The van der Waals surface area contributed by atoms with E-state index >= 15 is 0 Å². The molecule has 1 heterocycles. The molecule has 2 rings (SSSR count). The average molecular weight is 504 g/mol. The number of amides is 3. The van der Waals surface area contributed by atoms with Crippen molar-refractivity contribution in [3.8, 4) is 5.75 Å². The number of aromatic amines is 1. The van der Waals surface area contributed by atoms with Crippen molar-refractivity contribution in [2.24, 2.45) is 11.5 Å². The number of hydrogen-bond acceptors (Lipinski definition) is 8. The lowest BCUT2D eigenvalue weighted by atomic mass is 10.0. The maximum Gasteiger partial charge on any atom is 0.322 e. The molecule has 0 spiro atoms. The van der Waals surface area contributed by atoms with Crippen LogP contribution in [0.4, 0.5) is 0 Å². The van der Waals surface area contributed by atoms with Crippen molar-refractivity contribution in [2.75, 3.05) is 13.1 Å². The summed E-state index contributed by atoms with van der Waals surface area (Å²) in [5, 5.41) is 25.9. The summed E-state index contributed by atoms with van der Waals surface area (Å²) in [5.74, 6) is -3.11. The van der Waals surface area contributed by atoms with Gasteiger partial charge in [0.15, 0.2) is 0 Å². The Hall–Kier alpha value is -3.97. The standard InChI is InChI=1S/C23H33N7O6/c24-8-2-1-3-17(25)21(34)29-18(9-14-4-6-16(31)7-5-14)23(36)30-19(10-15-11-26-13-28-15)22(35)27-12-20(32)33/h4-7,11,13,17-19,31H,1-3,8-10,12,24-25H2,(H,26,28)(H,27,35)(H,29,34)(H,30,36)(H,32,33). The van der Waals surface area contributed by atoms with E-state index in [-0.39, 0.29) is 18.6 Å².